The van der Waals surface area contributed by atoms with Gasteiger partial charge in [0.25, 0.3) is 0 Å². The molecule has 0 spiro atoms. The van der Waals surface area contributed by atoms with Gasteiger partial charge in [0.15, 0.2) is 0 Å². The maximum atomic E-state index is 2.73. The average Bonchev–Trinajstić information content (AvgIpc) is 3.25. The molecular formula is C28H46NP. The van der Waals surface area contributed by atoms with Crippen molar-refractivity contribution < 1.29 is 0 Å². The zero-order chi connectivity index (χ0) is 20.9. The van der Waals surface area contributed by atoms with E-state index in [1.807, 2.05) is 0 Å². The largest absolute Gasteiger partial charge is 0.302 e. The average molecular weight is 428 g/mol. The summed E-state index contributed by atoms with van der Waals surface area (Å²) >= 11 is 0. The van der Waals surface area contributed by atoms with Crippen LogP contribution in [0.3, 0.4) is 0 Å². The van der Waals surface area contributed by atoms with E-state index in [4.69, 9.17) is 0 Å². The highest BCUT2D eigenvalue weighted by molar-refractivity contribution is 7.59. The van der Waals surface area contributed by atoms with Gasteiger partial charge in [-0.05, 0) is 87.0 Å². The number of rotatable bonds is 7. The Morgan fingerprint density at radius 2 is 1.23 bits per heavy atom. The summed E-state index contributed by atoms with van der Waals surface area (Å²) in [5, 5.41) is 0. The lowest BCUT2D eigenvalue weighted by Crippen LogP contribution is -2.36. The van der Waals surface area contributed by atoms with Gasteiger partial charge in [0.1, 0.15) is 0 Å². The summed E-state index contributed by atoms with van der Waals surface area (Å²) in [7, 11) is 4.82. The van der Waals surface area contributed by atoms with E-state index in [9.17, 15) is 0 Å². The molecule has 2 heteroatoms. The molecular weight excluding hydrogens is 381 g/mol. The number of hydrogen-bond acceptors (Lipinski definition) is 1. The molecule has 1 aromatic carbocycles. The third kappa shape index (κ3) is 5.15. The van der Waals surface area contributed by atoms with Gasteiger partial charge in [0, 0.05) is 6.04 Å². The van der Waals surface area contributed by atoms with Crippen molar-refractivity contribution in [3.8, 4) is 0 Å². The van der Waals surface area contributed by atoms with E-state index in [2.05, 4.69) is 56.3 Å². The van der Waals surface area contributed by atoms with Crippen LogP contribution in [-0.2, 0) is 0 Å². The van der Waals surface area contributed by atoms with Crippen LogP contribution in [-0.4, -0.2) is 36.0 Å². The molecule has 1 nitrogen and oxygen atoms in total. The predicted molar refractivity (Wildman–Crippen MR) is 134 cm³/mol. The van der Waals surface area contributed by atoms with Crippen LogP contribution >= 0.6 is 7.92 Å². The standard InChI is InChI=1S/C28H46NP/c1-22(30(24-16-9-5-10-17-24)25-18-11-6-12-19-25)26-20-13-21-27(26)28(29(2)3)23-14-7-4-8-15-23/h4,7-8,14-15,22,24-28H,5-6,9-13,16-21H2,1-3H3/t22?,26?,27?,28-/m1/s1. The Kier molecular flexibility index (Phi) is 8.33. The van der Waals surface area contributed by atoms with E-state index in [1.54, 1.807) is 31.2 Å². The summed E-state index contributed by atoms with van der Waals surface area (Å²) in [6, 6.07) is 12.0. The third-order valence-corrected chi connectivity index (χ3v) is 12.9. The van der Waals surface area contributed by atoms with Gasteiger partial charge < -0.3 is 4.90 Å². The molecule has 0 amide bonds. The van der Waals surface area contributed by atoms with Gasteiger partial charge >= 0.3 is 0 Å². The summed E-state index contributed by atoms with van der Waals surface area (Å²) < 4.78 is 0. The summed E-state index contributed by atoms with van der Waals surface area (Å²) in [4.78, 5) is 2.54. The third-order valence-electron chi connectivity index (χ3n) is 8.81. The fraction of sp³-hybridized carbons (Fsp3) is 0.786. The van der Waals surface area contributed by atoms with E-state index < -0.39 is 0 Å². The van der Waals surface area contributed by atoms with Gasteiger partial charge in [-0.1, -0.05) is 90.1 Å². The Labute approximate surface area is 188 Å². The van der Waals surface area contributed by atoms with Gasteiger partial charge in [-0.3, -0.25) is 0 Å². The van der Waals surface area contributed by atoms with E-state index >= 15 is 0 Å². The van der Waals surface area contributed by atoms with E-state index in [0.29, 0.717) is 6.04 Å². The molecule has 0 aliphatic heterocycles. The van der Waals surface area contributed by atoms with Gasteiger partial charge in [-0.2, -0.15) is 0 Å². The predicted octanol–water partition coefficient (Wildman–Crippen LogP) is 8.24. The zero-order valence-electron chi connectivity index (χ0n) is 19.9. The molecule has 168 valence electrons. The van der Waals surface area contributed by atoms with Crippen LogP contribution in [0.1, 0.15) is 102 Å². The molecule has 0 saturated heterocycles. The molecule has 0 N–H and O–H groups in total. The molecule has 4 rings (SSSR count). The van der Waals surface area contributed by atoms with Gasteiger partial charge in [-0.25, -0.2) is 0 Å². The molecule has 4 atom stereocenters. The topological polar surface area (TPSA) is 3.24 Å². The molecule has 1 aromatic rings. The van der Waals surface area contributed by atoms with Gasteiger partial charge in [0.05, 0.1) is 0 Å². The highest BCUT2D eigenvalue weighted by atomic mass is 31.1. The molecule has 0 bridgehead atoms. The van der Waals surface area contributed by atoms with E-state index in [0.717, 1.165) is 28.8 Å². The molecule has 0 heterocycles. The molecule has 3 fully saturated rings. The summed E-state index contributed by atoms with van der Waals surface area (Å²) in [6.45, 7) is 2.73. The fourth-order valence-corrected chi connectivity index (χ4v) is 12.2. The van der Waals surface area contributed by atoms with Crippen molar-refractivity contribution in [1.29, 1.82) is 0 Å². The number of nitrogens with zero attached hydrogens (tertiary/aromatic N) is 1. The lowest BCUT2D eigenvalue weighted by Gasteiger charge is -2.46. The van der Waals surface area contributed by atoms with Crippen molar-refractivity contribution in [2.75, 3.05) is 14.1 Å². The van der Waals surface area contributed by atoms with Crippen molar-refractivity contribution in [1.82, 2.24) is 4.90 Å². The SMILES string of the molecule is CC(C1CCCC1[C@@H](c1ccccc1)N(C)C)P(C1CCCCC1)C1CCCCC1. The highest BCUT2D eigenvalue weighted by Crippen LogP contribution is 2.63. The summed E-state index contributed by atoms with van der Waals surface area (Å²) in [6.07, 6.45) is 19.7. The van der Waals surface area contributed by atoms with Crippen molar-refractivity contribution in [2.24, 2.45) is 11.8 Å². The second-order valence-corrected chi connectivity index (χ2v) is 14.0. The molecule has 3 aliphatic carbocycles. The Morgan fingerprint density at radius 1 is 0.700 bits per heavy atom. The smallest absolute Gasteiger partial charge is 0.0373 e. The second kappa shape index (κ2) is 11.0. The van der Waals surface area contributed by atoms with Crippen molar-refractivity contribution in [3.63, 3.8) is 0 Å². The molecule has 0 aromatic heterocycles. The molecule has 3 unspecified atom stereocenters. The van der Waals surface area contributed by atoms with Crippen molar-refractivity contribution >= 4 is 7.92 Å². The van der Waals surface area contributed by atoms with Crippen LogP contribution in [0.25, 0.3) is 0 Å². The maximum Gasteiger partial charge on any atom is 0.0373 e. The highest BCUT2D eigenvalue weighted by Gasteiger charge is 2.44. The van der Waals surface area contributed by atoms with Crippen LogP contribution in [0.15, 0.2) is 30.3 Å². The molecule has 3 saturated carbocycles. The first-order valence-corrected chi connectivity index (χ1v) is 14.7. The van der Waals surface area contributed by atoms with Crippen LogP contribution < -0.4 is 0 Å². The van der Waals surface area contributed by atoms with E-state index in [-0.39, 0.29) is 7.92 Å². The first-order chi connectivity index (χ1) is 14.7. The van der Waals surface area contributed by atoms with Crippen LogP contribution in [0, 0.1) is 11.8 Å². The molecule has 30 heavy (non-hydrogen) atoms. The van der Waals surface area contributed by atoms with Gasteiger partial charge in [0.2, 0.25) is 0 Å². The summed E-state index contributed by atoms with van der Waals surface area (Å²) in [5.41, 5.74) is 4.68. The summed E-state index contributed by atoms with van der Waals surface area (Å²) in [5.74, 6) is 1.78. The second-order valence-electron chi connectivity index (χ2n) is 10.8. The Balaban J connectivity index is 1.58. The minimum Gasteiger partial charge on any atom is -0.302 e. The van der Waals surface area contributed by atoms with Crippen molar-refractivity contribution in [2.45, 2.75) is 113 Å². The fourth-order valence-electron chi connectivity index (χ4n) is 7.53. The van der Waals surface area contributed by atoms with E-state index in [1.165, 1.54) is 57.8 Å². The van der Waals surface area contributed by atoms with Crippen LogP contribution in [0.5, 0.6) is 0 Å². The minimum absolute atomic E-state index is 0.173. The van der Waals surface area contributed by atoms with Crippen molar-refractivity contribution in [3.05, 3.63) is 35.9 Å². The first-order valence-electron chi connectivity index (χ1n) is 13.2. The van der Waals surface area contributed by atoms with Gasteiger partial charge in [-0.15, -0.1) is 0 Å². The first kappa shape index (κ1) is 22.8. The monoisotopic (exact) mass is 427 g/mol. The quantitative estimate of drug-likeness (QED) is 0.396. The Morgan fingerprint density at radius 3 is 1.77 bits per heavy atom. The number of hydrogen-bond donors (Lipinski definition) is 0. The lowest BCUT2D eigenvalue weighted by atomic mass is 9.82. The van der Waals surface area contributed by atoms with Crippen LogP contribution in [0.2, 0.25) is 0 Å². The normalized spacial score (nSPS) is 28.8. The molecule has 0 radical (unpaired) electrons. The number of benzene rings is 1. The Hall–Kier alpha value is -0.390. The minimum atomic E-state index is 0.173. The maximum absolute atomic E-state index is 2.73. The van der Waals surface area contributed by atoms with Crippen LogP contribution in [0.4, 0.5) is 0 Å². The molecule has 3 aliphatic rings. The lowest BCUT2D eigenvalue weighted by molar-refractivity contribution is 0.174. The Bertz CT molecular complexity index is 599. The zero-order valence-corrected chi connectivity index (χ0v) is 20.8.